The first-order chi connectivity index (χ1) is 11.5. The monoisotopic (exact) mass is 316 g/mol. The van der Waals surface area contributed by atoms with E-state index in [9.17, 15) is 5.26 Å². The summed E-state index contributed by atoms with van der Waals surface area (Å²) in [6.45, 7) is 4.85. The van der Waals surface area contributed by atoms with Crippen LogP contribution in [-0.2, 0) is 5.41 Å². The quantitative estimate of drug-likeness (QED) is 0.458. The van der Waals surface area contributed by atoms with Crippen LogP contribution in [0.2, 0.25) is 0 Å². The van der Waals surface area contributed by atoms with Crippen molar-refractivity contribution >= 4 is 11.7 Å². The highest BCUT2D eigenvalue weighted by molar-refractivity contribution is 5.96. The second-order valence-corrected chi connectivity index (χ2v) is 6.22. The number of hydrogen-bond donors (Lipinski definition) is 0. The van der Waals surface area contributed by atoms with Crippen LogP contribution < -0.4 is 9.64 Å². The highest BCUT2D eigenvalue weighted by atomic mass is 16.5. The summed E-state index contributed by atoms with van der Waals surface area (Å²) >= 11 is 0. The molecule has 0 aromatic heterocycles. The van der Waals surface area contributed by atoms with Crippen LogP contribution in [0, 0.1) is 22.8 Å². The molecule has 2 aromatic rings. The van der Waals surface area contributed by atoms with Gasteiger partial charge in [-0.3, -0.25) is 4.90 Å². The van der Waals surface area contributed by atoms with Gasteiger partial charge in [-0.1, -0.05) is 38.1 Å². The molecule has 5 nitrogen and oxygen atoms in total. The zero-order valence-electron chi connectivity index (χ0n) is 13.5. The van der Waals surface area contributed by atoms with Crippen LogP contribution in [0.15, 0.2) is 53.5 Å². The number of aliphatic imine (C=N–C) groups is 1. The number of anilines is 1. The molecule has 118 valence electrons. The van der Waals surface area contributed by atoms with Gasteiger partial charge >= 0.3 is 6.02 Å². The molecule has 0 fully saturated rings. The maximum atomic E-state index is 9.18. The molecule has 1 aliphatic rings. The SMILES string of the molecule is CC1(C)CN(C(=NC#N)Oc2ccccc2)c2cc(C#N)ccc21. The Bertz CT molecular complexity index is 872. The molecule has 3 rings (SSSR count). The van der Waals surface area contributed by atoms with Gasteiger partial charge in [0.05, 0.1) is 17.3 Å². The fourth-order valence-corrected chi connectivity index (χ4v) is 2.91. The van der Waals surface area contributed by atoms with Crippen LogP contribution in [0.3, 0.4) is 0 Å². The molecule has 0 saturated heterocycles. The number of para-hydroxylation sites is 1. The Balaban J connectivity index is 2.04. The summed E-state index contributed by atoms with van der Waals surface area (Å²) in [5.41, 5.74) is 2.37. The van der Waals surface area contributed by atoms with E-state index in [2.05, 4.69) is 24.9 Å². The highest BCUT2D eigenvalue weighted by Gasteiger charge is 2.38. The maximum absolute atomic E-state index is 9.18. The molecule has 1 aliphatic heterocycles. The van der Waals surface area contributed by atoms with Gasteiger partial charge in [0.1, 0.15) is 5.75 Å². The zero-order valence-corrected chi connectivity index (χ0v) is 13.5. The van der Waals surface area contributed by atoms with Crippen LogP contribution >= 0.6 is 0 Å². The third kappa shape index (κ3) is 2.80. The van der Waals surface area contributed by atoms with Crippen molar-refractivity contribution in [1.82, 2.24) is 0 Å². The lowest BCUT2D eigenvalue weighted by atomic mass is 9.87. The van der Waals surface area contributed by atoms with Crippen LogP contribution in [0.1, 0.15) is 25.0 Å². The minimum atomic E-state index is -0.139. The third-order valence-electron chi connectivity index (χ3n) is 4.03. The molecule has 0 saturated carbocycles. The van der Waals surface area contributed by atoms with Gasteiger partial charge in [0.2, 0.25) is 6.19 Å². The first-order valence-electron chi connectivity index (χ1n) is 7.57. The predicted octanol–water partition coefficient (Wildman–Crippen LogP) is 3.57. The van der Waals surface area contributed by atoms with Crippen molar-refractivity contribution in [2.24, 2.45) is 4.99 Å². The molecule has 0 aliphatic carbocycles. The number of ether oxygens (including phenoxy) is 1. The van der Waals surface area contributed by atoms with Crippen molar-refractivity contribution in [1.29, 1.82) is 10.5 Å². The van der Waals surface area contributed by atoms with Crippen molar-refractivity contribution < 1.29 is 4.74 Å². The minimum Gasteiger partial charge on any atom is -0.425 e. The number of nitrogens with zero attached hydrogens (tertiary/aromatic N) is 4. The molecular formula is C19H16N4O. The highest BCUT2D eigenvalue weighted by Crippen LogP contribution is 2.41. The lowest BCUT2D eigenvalue weighted by Crippen LogP contribution is -2.37. The number of fused-ring (bicyclic) bond motifs is 1. The topological polar surface area (TPSA) is 72.4 Å². The molecule has 0 N–H and O–H groups in total. The fourth-order valence-electron chi connectivity index (χ4n) is 2.91. The minimum absolute atomic E-state index is 0.139. The Morgan fingerprint density at radius 3 is 2.58 bits per heavy atom. The van der Waals surface area contributed by atoms with Gasteiger partial charge in [-0.15, -0.1) is 4.99 Å². The van der Waals surface area contributed by atoms with Crippen molar-refractivity contribution in [3.8, 4) is 18.0 Å². The molecule has 0 atom stereocenters. The van der Waals surface area contributed by atoms with Crippen molar-refractivity contribution in [2.75, 3.05) is 11.4 Å². The van der Waals surface area contributed by atoms with Gasteiger partial charge in [-0.2, -0.15) is 10.5 Å². The van der Waals surface area contributed by atoms with Crippen molar-refractivity contribution in [3.05, 3.63) is 59.7 Å². The van der Waals surface area contributed by atoms with E-state index >= 15 is 0 Å². The first-order valence-corrected chi connectivity index (χ1v) is 7.57. The smallest absolute Gasteiger partial charge is 0.313 e. The van der Waals surface area contributed by atoms with E-state index in [0.29, 0.717) is 17.9 Å². The second-order valence-electron chi connectivity index (χ2n) is 6.22. The van der Waals surface area contributed by atoms with E-state index in [1.807, 2.05) is 47.5 Å². The Kier molecular flexibility index (Phi) is 3.93. The average molecular weight is 316 g/mol. The lowest BCUT2D eigenvalue weighted by molar-refractivity contribution is 0.512. The Labute approximate surface area is 141 Å². The summed E-state index contributed by atoms with van der Waals surface area (Å²) in [6.07, 6.45) is 1.81. The van der Waals surface area contributed by atoms with E-state index in [1.54, 1.807) is 12.1 Å². The number of benzene rings is 2. The van der Waals surface area contributed by atoms with E-state index in [4.69, 9.17) is 10.00 Å². The summed E-state index contributed by atoms with van der Waals surface area (Å²) in [5, 5.41) is 18.2. The van der Waals surface area contributed by atoms with E-state index in [1.165, 1.54) is 0 Å². The molecule has 24 heavy (non-hydrogen) atoms. The van der Waals surface area contributed by atoms with Gasteiger partial charge in [0.15, 0.2) is 0 Å². The van der Waals surface area contributed by atoms with Gasteiger partial charge in [-0.05, 0) is 29.8 Å². The summed E-state index contributed by atoms with van der Waals surface area (Å²) in [7, 11) is 0. The molecule has 0 radical (unpaired) electrons. The average Bonchev–Trinajstić information content (AvgIpc) is 2.86. The Hall–Kier alpha value is -3.31. The predicted molar refractivity (Wildman–Crippen MR) is 91.6 cm³/mol. The van der Waals surface area contributed by atoms with Gasteiger partial charge in [0.25, 0.3) is 0 Å². The number of amidine groups is 1. The van der Waals surface area contributed by atoms with Crippen LogP contribution in [0.25, 0.3) is 0 Å². The molecule has 0 spiro atoms. The van der Waals surface area contributed by atoms with Crippen molar-refractivity contribution in [3.63, 3.8) is 0 Å². The molecule has 2 aromatic carbocycles. The summed E-state index contributed by atoms with van der Waals surface area (Å²) in [4.78, 5) is 5.72. The Morgan fingerprint density at radius 1 is 1.17 bits per heavy atom. The molecule has 1 heterocycles. The lowest BCUT2D eigenvalue weighted by Gasteiger charge is -2.22. The number of hydrogen-bond acceptors (Lipinski definition) is 4. The summed E-state index contributed by atoms with van der Waals surface area (Å²) in [5.74, 6) is 0.606. The summed E-state index contributed by atoms with van der Waals surface area (Å²) < 4.78 is 5.83. The standard InChI is InChI=1S/C19H16N4O/c1-19(2)12-23(17-10-14(11-20)8-9-16(17)19)18(22-13-21)24-15-6-4-3-5-7-15/h3-10H,12H2,1-2H3. The van der Waals surface area contributed by atoms with Gasteiger partial charge in [0, 0.05) is 12.0 Å². The maximum Gasteiger partial charge on any atom is 0.313 e. The largest absolute Gasteiger partial charge is 0.425 e. The Morgan fingerprint density at radius 2 is 1.92 bits per heavy atom. The first kappa shape index (κ1) is 15.6. The van der Waals surface area contributed by atoms with E-state index in [0.717, 1.165) is 11.3 Å². The number of nitriles is 2. The molecule has 0 unspecified atom stereocenters. The fraction of sp³-hybridized carbons (Fsp3) is 0.211. The summed E-state index contributed by atoms with van der Waals surface area (Å²) in [6, 6.07) is 17.2. The van der Waals surface area contributed by atoms with E-state index < -0.39 is 0 Å². The normalized spacial score (nSPS) is 15.3. The number of rotatable bonds is 1. The third-order valence-corrected chi connectivity index (χ3v) is 4.03. The zero-order chi connectivity index (χ0) is 17.2. The molecular weight excluding hydrogens is 300 g/mol. The molecule has 5 heteroatoms. The second kappa shape index (κ2) is 6.06. The van der Waals surface area contributed by atoms with Crippen molar-refractivity contribution in [2.45, 2.75) is 19.3 Å². The van der Waals surface area contributed by atoms with E-state index in [-0.39, 0.29) is 11.4 Å². The van der Waals surface area contributed by atoms with Crippen LogP contribution in [0.5, 0.6) is 5.75 Å². The molecule has 0 amide bonds. The van der Waals surface area contributed by atoms with Crippen LogP contribution in [0.4, 0.5) is 5.69 Å². The molecule has 0 bridgehead atoms. The van der Waals surface area contributed by atoms with Gasteiger partial charge in [-0.25, -0.2) is 0 Å². The van der Waals surface area contributed by atoms with Gasteiger partial charge < -0.3 is 4.74 Å². The van der Waals surface area contributed by atoms with Crippen LogP contribution in [-0.4, -0.2) is 12.6 Å².